The maximum atomic E-state index is 12.6. The van der Waals surface area contributed by atoms with Crippen molar-refractivity contribution in [3.8, 4) is 5.75 Å². The number of hydrogen-bond acceptors (Lipinski definition) is 8. The van der Waals surface area contributed by atoms with Crippen molar-refractivity contribution < 1.29 is 19.1 Å². The molecule has 0 radical (unpaired) electrons. The summed E-state index contributed by atoms with van der Waals surface area (Å²) in [7, 11) is 3.14. The summed E-state index contributed by atoms with van der Waals surface area (Å²) in [6, 6.07) is 13.7. The Balaban J connectivity index is 0.000000178. The summed E-state index contributed by atoms with van der Waals surface area (Å²) in [5, 5.41) is 18.4. The van der Waals surface area contributed by atoms with Crippen LogP contribution >= 0.6 is 0 Å². The lowest BCUT2D eigenvalue weighted by atomic mass is 9.88. The van der Waals surface area contributed by atoms with Crippen molar-refractivity contribution in [2.24, 2.45) is 5.92 Å². The molecule has 6 aromatic rings. The molecule has 288 valence electrons. The third kappa shape index (κ3) is 8.34. The smallest absolute Gasteiger partial charge is 0.260 e. The minimum absolute atomic E-state index is 0.0571. The molecule has 1 saturated heterocycles. The number of carbonyl (C=O) groups excluding carboxylic acids is 3. The number of rotatable bonds is 11. The average Bonchev–Trinajstić information content (AvgIpc) is 3.95. The van der Waals surface area contributed by atoms with Crippen molar-refractivity contribution >= 4 is 57.2 Å². The van der Waals surface area contributed by atoms with Crippen molar-refractivity contribution in [3.05, 3.63) is 78.4 Å². The van der Waals surface area contributed by atoms with Gasteiger partial charge in [-0.2, -0.15) is 14.7 Å². The number of H-pyrrole nitrogens is 1. The molecule has 5 heterocycles. The third-order valence-corrected chi connectivity index (χ3v) is 11.0. The molecule has 1 aliphatic heterocycles. The van der Waals surface area contributed by atoms with E-state index in [1.807, 2.05) is 12.1 Å². The number of nitrogens with one attached hydrogen (secondary N) is 3. The largest absolute Gasteiger partial charge is 0.496 e. The maximum Gasteiger partial charge on any atom is 0.260 e. The van der Waals surface area contributed by atoms with Crippen molar-refractivity contribution in [1.82, 2.24) is 39.6 Å². The van der Waals surface area contributed by atoms with Gasteiger partial charge in [0.2, 0.25) is 12.3 Å². The average molecular weight is 747 g/mol. The maximum absolute atomic E-state index is 12.6. The third-order valence-electron chi connectivity index (χ3n) is 11.0. The number of fused-ring (bicyclic) bond motifs is 3. The molecule has 14 nitrogen and oxygen atoms in total. The summed E-state index contributed by atoms with van der Waals surface area (Å²) >= 11 is 0. The summed E-state index contributed by atoms with van der Waals surface area (Å²) in [5.41, 5.74) is 5.14. The van der Waals surface area contributed by atoms with E-state index in [2.05, 4.69) is 59.6 Å². The molecular formula is C41H50N10O4. The first-order valence-electron chi connectivity index (χ1n) is 19.2. The predicted octanol–water partition coefficient (Wildman–Crippen LogP) is 6.13. The normalized spacial score (nSPS) is 15.5. The van der Waals surface area contributed by atoms with Crippen molar-refractivity contribution in [2.45, 2.75) is 64.3 Å². The fraction of sp³-hybridized carbons (Fsp3) is 0.415. The van der Waals surface area contributed by atoms with Crippen LogP contribution in [0.5, 0.6) is 5.75 Å². The number of piperidine rings is 1. The molecular weight excluding hydrogens is 697 g/mol. The Morgan fingerprint density at radius 1 is 1.05 bits per heavy atom. The first-order chi connectivity index (χ1) is 26.9. The highest BCUT2D eigenvalue weighted by atomic mass is 16.5. The number of likely N-dealkylation sites (tertiary alicyclic amines) is 1. The number of carbonyl (C=O) groups is 3. The van der Waals surface area contributed by atoms with Gasteiger partial charge in [0.05, 0.1) is 41.8 Å². The van der Waals surface area contributed by atoms with E-state index in [4.69, 9.17) is 4.74 Å². The summed E-state index contributed by atoms with van der Waals surface area (Å²) in [6.45, 7) is 6.13. The van der Waals surface area contributed by atoms with E-state index in [1.54, 1.807) is 59.3 Å². The van der Waals surface area contributed by atoms with E-state index in [0.29, 0.717) is 41.8 Å². The van der Waals surface area contributed by atoms with E-state index in [9.17, 15) is 14.4 Å². The van der Waals surface area contributed by atoms with E-state index >= 15 is 0 Å². The number of imidazole rings is 1. The number of hydrogen-bond donors (Lipinski definition) is 3. The molecule has 3 amide bonds. The number of benzene rings is 2. The van der Waals surface area contributed by atoms with E-state index in [-0.39, 0.29) is 11.8 Å². The highest BCUT2D eigenvalue weighted by Crippen LogP contribution is 2.36. The Morgan fingerprint density at radius 3 is 2.64 bits per heavy atom. The topological polar surface area (TPSA) is 155 Å². The molecule has 8 rings (SSSR count). The zero-order valence-corrected chi connectivity index (χ0v) is 31.8. The second-order valence-electron chi connectivity index (χ2n) is 14.5. The first kappa shape index (κ1) is 37.6. The van der Waals surface area contributed by atoms with Crippen LogP contribution in [0.25, 0.3) is 27.5 Å². The summed E-state index contributed by atoms with van der Waals surface area (Å²) in [6.07, 6.45) is 17.7. The number of aromatic nitrogens is 6. The fourth-order valence-electron chi connectivity index (χ4n) is 8.14. The molecule has 0 spiro atoms. The number of aromatic amines is 1. The van der Waals surface area contributed by atoms with Gasteiger partial charge in [-0.25, -0.2) is 4.98 Å². The van der Waals surface area contributed by atoms with E-state index in [1.165, 1.54) is 82.8 Å². The van der Waals surface area contributed by atoms with E-state index in [0.717, 1.165) is 34.3 Å². The second kappa shape index (κ2) is 17.1. The van der Waals surface area contributed by atoms with Gasteiger partial charge in [0.1, 0.15) is 5.75 Å². The van der Waals surface area contributed by atoms with Gasteiger partial charge in [-0.05, 0) is 74.4 Å². The van der Waals surface area contributed by atoms with Crippen molar-refractivity contribution in [1.29, 1.82) is 0 Å². The summed E-state index contributed by atoms with van der Waals surface area (Å²) < 4.78 is 9.30. The molecule has 0 bridgehead atoms. The number of aryl methyl sites for hydroxylation is 1. The molecule has 2 aliphatic rings. The SMILES string of the molecule is CNC(=O)CCN(C=O)c1cccc2c1c(C)cn2C1CCN(CC2CCCCC2)CC1.COc1cc2[nH]ncc2cc1C(=O)Nc1cnc2cccnn12. The van der Waals surface area contributed by atoms with Crippen molar-refractivity contribution in [3.63, 3.8) is 0 Å². The van der Waals surface area contributed by atoms with Gasteiger partial charge in [-0.1, -0.05) is 25.3 Å². The molecule has 2 aromatic carbocycles. The fourth-order valence-corrected chi connectivity index (χ4v) is 8.14. The Hall–Kier alpha value is -5.76. The van der Waals surface area contributed by atoms with Gasteiger partial charge >= 0.3 is 0 Å². The Kier molecular flexibility index (Phi) is 11.7. The summed E-state index contributed by atoms with van der Waals surface area (Å²) in [4.78, 5) is 44.7. The van der Waals surface area contributed by atoms with Crippen LogP contribution in [0.15, 0.2) is 67.3 Å². The van der Waals surface area contributed by atoms with Crippen LogP contribution in [0.1, 0.15) is 73.3 Å². The molecule has 3 N–H and O–H groups in total. The molecule has 55 heavy (non-hydrogen) atoms. The molecule has 0 atom stereocenters. The first-order valence-corrected chi connectivity index (χ1v) is 19.2. The predicted molar refractivity (Wildman–Crippen MR) is 214 cm³/mol. The Morgan fingerprint density at radius 2 is 1.87 bits per heavy atom. The van der Waals surface area contributed by atoms with Crippen LogP contribution in [0.2, 0.25) is 0 Å². The minimum Gasteiger partial charge on any atom is -0.496 e. The number of methoxy groups -OCH3 is 1. The lowest BCUT2D eigenvalue weighted by Crippen LogP contribution is -2.38. The van der Waals surface area contributed by atoms with Gasteiger partial charge in [0.25, 0.3) is 5.91 Å². The van der Waals surface area contributed by atoms with E-state index < -0.39 is 0 Å². The van der Waals surface area contributed by atoms with Crippen LogP contribution in [-0.4, -0.2) is 92.8 Å². The molecule has 1 aliphatic carbocycles. The van der Waals surface area contributed by atoms with Gasteiger partial charge in [-0.3, -0.25) is 19.5 Å². The zero-order chi connectivity index (χ0) is 38.3. The highest BCUT2D eigenvalue weighted by Gasteiger charge is 2.26. The number of ether oxygens (including phenoxy) is 1. The van der Waals surface area contributed by atoms with Gasteiger partial charge in [-0.15, -0.1) is 0 Å². The van der Waals surface area contributed by atoms with Crippen LogP contribution in [0.4, 0.5) is 11.5 Å². The number of nitrogens with zero attached hydrogens (tertiary/aromatic N) is 7. The van der Waals surface area contributed by atoms with Gasteiger partial charge < -0.3 is 29.7 Å². The molecule has 14 heteroatoms. The number of amides is 3. The lowest BCUT2D eigenvalue weighted by molar-refractivity contribution is -0.120. The van der Waals surface area contributed by atoms with Crippen molar-refractivity contribution in [2.75, 3.05) is 50.6 Å². The molecule has 1 saturated carbocycles. The molecule has 0 unspecified atom stereocenters. The standard InChI is InChI=1S/C26H38N4O2.C15H12N6O2/c1-20-17-30(22-11-14-28(15-12-22)18-21-7-4-3-5-8-21)24-10-6-9-23(26(20)24)29(19-31)16-13-25(32)27-2;1-23-12-6-11-9(7-17-20-11)5-10(12)15(22)19-14-8-16-13-3-2-4-18-21(13)14/h6,9-10,17,19,21-22H,3-5,7-8,11-16,18H2,1-2H3,(H,27,32);2-8H,1H3,(H,17,20)(H,19,22). The molecule has 4 aromatic heterocycles. The quantitative estimate of drug-likeness (QED) is 0.134. The highest BCUT2D eigenvalue weighted by molar-refractivity contribution is 6.08. The van der Waals surface area contributed by atoms with Crippen LogP contribution in [0, 0.1) is 12.8 Å². The monoisotopic (exact) mass is 746 g/mol. The molecule has 2 fully saturated rings. The van der Waals surface area contributed by atoms with Gasteiger partial charge in [0.15, 0.2) is 11.5 Å². The Labute approximate surface area is 320 Å². The van der Waals surface area contributed by atoms with Crippen LogP contribution in [-0.2, 0) is 9.59 Å². The summed E-state index contributed by atoms with van der Waals surface area (Å²) in [5.74, 6) is 1.48. The Bertz CT molecular complexity index is 2260. The minimum atomic E-state index is -0.308. The lowest BCUT2D eigenvalue weighted by Gasteiger charge is -2.36. The zero-order valence-electron chi connectivity index (χ0n) is 31.8. The second-order valence-corrected chi connectivity index (χ2v) is 14.5. The van der Waals surface area contributed by atoms with Crippen LogP contribution in [0.3, 0.4) is 0 Å². The number of anilines is 2. The van der Waals surface area contributed by atoms with Crippen LogP contribution < -0.4 is 20.3 Å². The van der Waals surface area contributed by atoms with Gasteiger partial charge in [0, 0.05) is 74.9 Å².